The summed E-state index contributed by atoms with van der Waals surface area (Å²) in [7, 11) is 0. The fraction of sp³-hybridized carbons (Fsp3) is 0.545. The topological polar surface area (TPSA) is 71.0 Å². The normalized spacial score (nSPS) is 20.1. The molecule has 0 aromatic rings. The summed E-state index contributed by atoms with van der Waals surface area (Å²) in [5.74, 6) is -0.790. The molecule has 13 heteroatoms. The van der Waals surface area contributed by atoms with Crippen molar-refractivity contribution in [2.45, 2.75) is 31.4 Å². The molecule has 0 atom stereocenters. The first kappa shape index (κ1) is 18.4. The fourth-order valence-corrected chi connectivity index (χ4v) is 2.86. The third kappa shape index (κ3) is 2.91. The SMILES string of the molecule is CCOC(=O)CC1=CSC2=NC(C(F)(F)F)(C(F)(F)F)NC(=O)N12. The number of rotatable bonds is 3. The number of hydrogen-bond acceptors (Lipinski definition) is 5. The standard InChI is InChI=1S/C11H9F6N3O3S/c1-2-23-6(21)3-5-4-24-8-19-9(10(12,13)14,11(15,16)17)18-7(22)20(5)8/h4H,2-3H2,1H3,(H,18,22). The minimum Gasteiger partial charge on any atom is -0.466 e. The van der Waals surface area contributed by atoms with Crippen LogP contribution >= 0.6 is 11.8 Å². The van der Waals surface area contributed by atoms with Gasteiger partial charge < -0.3 is 4.74 Å². The molecule has 24 heavy (non-hydrogen) atoms. The second kappa shape index (κ2) is 5.86. The minimum absolute atomic E-state index is 0.0255. The number of carbonyl (C=O) groups is 2. The van der Waals surface area contributed by atoms with E-state index in [1.165, 1.54) is 6.92 Å². The highest BCUT2D eigenvalue weighted by Crippen LogP contribution is 2.47. The summed E-state index contributed by atoms with van der Waals surface area (Å²) in [4.78, 5) is 26.4. The van der Waals surface area contributed by atoms with Crippen molar-refractivity contribution in [3.05, 3.63) is 11.1 Å². The number of thioether (sulfide) groups is 1. The van der Waals surface area contributed by atoms with Crippen molar-refractivity contribution < 1.29 is 40.7 Å². The van der Waals surface area contributed by atoms with Crippen molar-refractivity contribution in [3.63, 3.8) is 0 Å². The summed E-state index contributed by atoms with van der Waals surface area (Å²) >= 11 is 0.378. The van der Waals surface area contributed by atoms with E-state index in [0.717, 1.165) is 10.7 Å². The van der Waals surface area contributed by atoms with E-state index in [-0.39, 0.29) is 12.3 Å². The Bertz CT molecular complexity index is 613. The lowest BCUT2D eigenvalue weighted by Crippen LogP contribution is -2.70. The van der Waals surface area contributed by atoms with Gasteiger partial charge in [-0.15, -0.1) is 0 Å². The van der Waals surface area contributed by atoms with Gasteiger partial charge in [-0.25, -0.2) is 14.7 Å². The van der Waals surface area contributed by atoms with Gasteiger partial charge in [-0.3, -0.25) is 10.1 Å². The smallest absolute Gasteiger partial charge is 0.441 e. The predicted molar refractivity (Wildman–Crippen MR) is 69.6 cm³/mol. The first-order chi connectivity index (χ1) is 10.9. The number of aliphatic imine (C=N–C) groups is 1. The van der Waals surface area contributed by atoms with Gasteiger partial charge >= 0.3 is 30.0 Å². The molecule has 0 aliphatic carbocycles. The number of alkyl halides is 6. The molecular formula is C11H9F6N3O3S. The van der Waals surface area contributed by atoms with Crippen LogP contribution in [0.4, 0.5) is 31.1 Å². The summed E-state index contributed by atoms with van der Waals surface area (Å²) in [6, 6.07) is -1.69. The summed E-state index contributed by atoms with van der Waals surface area (Å²) in [6.45, 7) is 1.54. The number of esters is 1. The number of fused-ring (bicyclic) bond motifs is 1. The molecule has 0 saturated heterocycles. The number of amidine groups is 1. The van der Waals surface area contributed by atoms with Gasteiger partial charge in [0.05, 0.1) is 13.0 Å². The van der Waals surface area contributed by atoms with Crippen molar-refractivity contribution in [1.29, 1.82) is 0 Å². The highest BCUT2D eigenvalue weighted by atomic mass is 32.2. The minimum atomic E-state index is -5.90. The number of amides is 2. The number of ether oxygens (including phenoxy) is 1. The van der Waals surface area contributed by atoms with E-state index >= 15 is 0 Å². The van der Waals surface area contributed by atoms with Crippen LogP contribution in [0, 0.1) is 0 Å². The number of nitrogens with zero attached hydrogens (tertiary/aromatic N) is 2. The molecule has 0 bridgehead atoms. The van der Waals surface area contributed by atoms with Gasteiger partial charge in [-0.1, -0.05) is 11.8 Å². The molecule has 0 aromatic heterocycles. The molecule has 2 heterocycles. The zero-order valence-corrected chi connectivity index (χ0v) is 12.6. The summed E-state index contributed by atoms with van der Waals surface area (Å²) in [5, 5.41) is 1.10. The third-order valence-corrected chi connectivity index (χ3v) is 3.86. The summed E-state index contributed by atoms with van der Waals surface area (Å²) < 4.78 is 82.4. The quantitative estimate of drug-likeness (QED) is 0.607. The van der Waals surface area contributed by atoms with Gasteiger partial charge in [0, 0.05) is 5.70 Å². The number of nitrogens with one attached hydrogen (secondary N) is 1. The number of urea groups is 1. The maximum atomic E-state index is 13.0. The molecule has 134 valence electrons. The van der Waals surface area contributed by atoms with Gasteiger partial charge in [0.25, 0.3) is 0 Å². The van der Waals surface area contributed by atoms with Crippen LogP contribution in [-0.4, -0.2) is 46.7 Å². The van der Waals surface area contributed by atoms with Gasteiger partial charge in [0.2, 0.25) is 0 Å². The lowest BCUT2D eigenvalue weighted by molar-refractivity contribution is -0.302. The Labute approximate surface area is 134 Å². The lowest BCUT2D eigenvalue weighted by atomic mass is 10.1. The molecule has 0 radical (unpaired) electrons. The van der Waals surface area contributed by atoms with Crippen LogP contribution in [0.15, 0.2) is 16.1 Å². The Balaban J connectivity index is 2.38. The fourth-order valence-electron chi connectivity index (χ4n) is 1.93. The third-order valence-electron chi connectivity index (χ3n) is 2.98. The maximum Gasteiger partial charge on any atom is 0.441 e. The van der Waals surface area contributed by atoms with E-state index in [0.29, 0.717) is 16.7 Å². The van der Waals surface area contributed by atoms with Crippen LogP contribution < -0.4 is 5.32 Å². The van der Waals surface area contributed by atoms with E-state index in [9.17, 15) is 35.9 Å². The molecule has 2 amide bonds. The molecule has 2 rings (SSSR count). The van der Waals surface area contributed by atoms with Crippen molar-refractivity contribution >= 4 is 28.9 Å². The molecule has 6 nitrogen and oxygen atoms in total. The van der Waals surface area contributed by atoms with Crippen LogP contribution in [0.2, 0.25) is 0 Å². The van der Waals surface area contributed by atoms with E-state index in [1.54, 1.807) is 0 Å². The second-order valence-corrected chi connectivity index (χ2v) is 5.41. The first-order valence-corrected chi connectivity index (χ1v) is 7.18. The Kier molecular flexibility index (Phi) is 4.50. The van der Waals surface area contributed by atoms with Crippen molar-refractivity contribution in [3.8, 4) is 0 Å². The van der Waals surface area contributed by atoms with Gasteiger partial charge in [-0.2, -0.15) is 26.3 Å². The van der Waals surface area contributed by atoms with Crippen molar-refractivity contribution in [2.75, 3.05) is 6.61 Å². The molecular weight excluding hydrogens is 368 g/mol. The molecule has 0 unspecified atom stereocenters. The highest BCUT2D eigenvalue weighted by Gasteiger charge is 2.74. The highest BCUT2D eigenvalue weighted by molar-refractivity contribution is 8.16. The van der Waals surface area contributed by atoms with E-state index < -0.39 is 41.6 Å². The number of hydrogen-bond donors (Lipinski definition) is 1. The molecule has 0 saturated carbocycles. The Morgan fingerprint density at radius 1 is 1.33 bits per heavy atom. The van der Waals surface area contributed by atoms with Crippen LogP contribution in [-0.2, 0) is 9.53 Å². The van der Waals surface area contributed by atoms with Crippen LogP contribution in [0.3, 0.4) is 0 Å². The van der Waals surface area contributed by atoms with Gasteiger partial charge in [-0.05, 0) is 12.3 Å². The zero-order chi connectivity index (χ0) is 18.3. The average molecular weight is 377 g/mol. The van der Waals surface area contributed by atoms with E-state index in [1.807, 2.05) is 0 Å². The molecule has 2 aliphatic heterocycles. The average Bonchev–Trinajstić information content (AvgIpc) is 2.79. The summed E-state index contributed by atoms with van der Waals surface area (Å²) in [5.41, 5.74) is -4.86. The molecule has 1 N–H and O–H groups in total. The molecule has 0 aromatic carbocycles. The van der Waals surface area contributed by atoms with Crippen molar-refractivity contribution in [1.82, 2.24) is 10.2 Å². The monoisotopic (exact) mass is 377 g/mol. The number of halogens is 6. The molecule has 2 aliphatic rings. The Morgan fingerprint density at radius 3 is 2.42 bits per heavy atom. The maximum absolute atomic E-state index is 13.0. The Hall–Kier alpha value is -1.92. The predicted octanol–water partition coefficient (Wildman–Crippen LogP) is 2.73. The van der Waals surface area contributed by atoms with Crippen LogP contribution in [0.1, 0.15) is 13.3 Å². The van der Waals surface area contributed by atoms with Gasteiger partial charge in [0.1, 0.15) is 0 Å². The van der Waals surface area contributed by atoms with Crippen LogP contribution in [0.5, 0.6) is 0 Å². The van der Waals surface area contributed by atoms with Gasteiger partial charge in [0.15, 0.2) is 5.17 Å². The van der Waals surface area contributed by atoms with E-state index in [4.69, 9.17) is 0 Å². The van der Waals surface area contributed by atoms with E-state index in [2.05, 4.69) is 9.73 Å². The molecule has 0 spiro atoms. The number of carbonyl (C=O) groups excluding carboxylic acids is 2. The Morgan fingerprint density at radius 2 is 1.92 bits per heavy atom. The van der Waals surface area contributed by atoms with Crippen LogP contribution in [0.25, 0.3) is 0 Å². The lowest BCUT2D eigenvalue weighted by Gasteiger charge is -2.39. The second-order valence-electron chi connectivity index (χ2n) is 4.57. The largest absolute Gasteiger partial charge is 0.466 e. The zero-order valence-electron chi connectivity index (χ0n) is 11.8. The first-order valence-electron chi connectivity index (χ1n) is 6.30. The summed E-state index contributed by atoms with van der Waals surface area (Å²) in [6.07, 6.45) is -12.3. The van der Waals surface area contributed by atoms with Crippen molar-refractivity contribution in [2.24, 2.45) is 4.99 Å². The molecule has 0 fully saturated rings.